The number of hydrogen-bond donors (Lipinski definition) is 3. The fraction of sp³-hybridized carbons (Fsp3) is 0. The predicted molar refractivity (Wildman–Crippen MR) is 31.7 cm³/mol. The first kappa shape index (κ1) is 247. The molecule has 0 saturated carbocycles. The minimum atomic E-state index is 0. The normalized spacial score (nSPS) is 0.970. The van der Waals surface area contributed by atoms with Crippen molar-refractivity contribution in [1.29, 1.82) is 0 Å². The summed E-state index contributed by atoms with van der Waals surface area (Å²) in [4.78, 5) is 7.51. The number of nitrogens with two attached hydrogens (primary N) is 1. The van der Waals surface area contributed by atoms with Gasteiger partial charge in [0.15, 0.2) is 0 Å². The summed E-state index contributed by atoms with van der Waals surface area (Å²) in [5, 5.41) is 6.50. The van der Waals surface area contributed by atoms with E-state index in [1.54, 1.807) is 0 Å². The third-order valence-corrected chi connectivity index (χ3v) is 0. The van der Waals surface area contributed by atoms with E-state index in [2.05, 4.69) is 53.4 Å². The van der Waals surface area contributed by atoms with E-state index >= 15 is 0 Å². The van der Waals surface area contributed by atoms with Gasteiger partial charge in [-0.05, 0) is 0 Å². The molecule has 0 aromatic carbocycles. The zero-order valence-corrected chi connectivity index (χ0v) is 64.6. The van der Waals surface area contributed by atoms with Gasteiger partial charge in [0.1, 0.15) is 0 Å². The summed E-state index contributed by atoms with van der Waals surface area (Å²) in [6.45, 7) is 0.354. The van der Waals surface area contributed by atoms with Crippen molar-refractivity contribution in [3.05, 3.63) is 0 Å². The van der Waals surface area contributed by atoms with E-state index in [0.29, 0.717) is 6.83 Å². The van der Waals surface area contributed by atoms with Crippen molar-refractivity contribution in [2.45, 2.75) is 0 Å². The summed E-state index contributed by atoms with van der Waals surface area (Å²) in [6.07, 6.45) is 0. The van der Waals surface area contributed by atoms with Crippen LogP contribution >= 0.6 is 21.3 Å². The van der Waals surface area contributed by atoms with E-state index in [1.807, 2.05) is 16.5 Å². The van der Waals surface area contributed by atoms with Crippen LogP contribution < -0.4 is 5.90 Å². The van der Waals surface area contributed by atoms with E-state index in [0.717, 1.165) is 0 Å². The second kappa shape index (κ2) is 345. The van der Waals surface area contributed by atoms with Gasteiger partial charge >= 0.3 is 75.7 Å². The van der Waals surface area contributed by atoms with Crippen LogP contribution in [0.25, 0.3) is 0 Å². The summed E-state index contributed by atoms with van der Waals surface area (Å²) < 4.78 is 0. The second-order valence-electron chi connectivity index (χ2n) is 0.0894. The Morgan fingerprint density at radius 1 is 0.364 bits per heavy atom. The Hall–Kier alpha value is 17.2. The molecule has 0 atom stereocenters. The van der Waals surface area contributed by atoms with E-state index in [4.69, 9.17) is 10.1 Å². The average molecular weight is 2320 g/mol. The van der Waals surface area contributed by atoms with Crippen LogP contribution in [0.5, 0.6) is 0 Å². The third kappa shape index (κ3) is 371. The summed E-state index contributed by atoms with van der Waals surface area (Å²) in [7, 11) is 5.82. The molecule has 0 unspecified atom stereocenters. The van der Waals surface area contributed by atoms with E-state index in [-0.39, 0.29) is 460 Å². The van der Waals surface area contributed by atoms with Gasteiger partial charge in [0.2, 0.25) is 0 Å². The minimum absolute atomic E-state index is 0. The van der Waals surface area contributed by atoms with Crippen LogP contribution in [0.1, 0.15) is 0 Å². The molecule has 4 N–H and O–H groups in total. The predicted octanol–water partition coefficient (Wildman–Crippen LogP) is 0.758. The molecule has 3 nitrogen and oxygen atoms in total. The molecule has 0 aromatic heterocycles. The maximum atomic E-state index is 7.51. The molecule has 0 saturated heterocycles. The summed E-state index contributed by atoms with van der Waals surface area (Å²) in [5.74, 6) is 3.50. The van der Waals surface area contributed by atoms with Crippen molar-refractivity contribution in [1.82, 2.24) is 0 Å². The van der Waals surface area contributed by atoms with Crippen molar-refractivity contribution in [2.24, 2.45) is 5.90 Å². The van der Waals surface area contributed by atoms with Crippen LogP contribution in [0.3, 0.4) is 0 Å². The van der Waals surface area contributed by atoms with Crippen molar-refractivity contribution in [2.75, 3.05) is 0 Å². The Bertz CT molecular complexity index is 71.2. The maximum absolute atomic E-state index is 7.51. The minimum Gasteiger partial charge on any atom is 0 e. The molecule has 18 radical (unpaired) electrons. The molecular formula is H6NO2P3V21W6. The summed E-state index contributed by atoms with van der Waals surface area (Å²) in [6, 6.07) is 0. The molecule has 0 aliphatic carbocycles. The molecule has 33 heteroatoms. The zero-order valence-electron chi connectivity index (χ0n) is 14.8. The van der Waals surface area contributed by atoms with Crippen molar-refractivity contribution >= 4 is 21.3 Å². The Kier molecular flexibility index (Phi) is 2580. The fourth-order valence-electron chi connectivity index (χ4n) is 0. The fourth-order valence-corrected chi connectivity index (χ4v) is 0. The number of hydrogen-bond acceptors (Lipinski definition) is 3. The molecule has 0 aliphatic rings. The molecular weight excluding hydrogens is 2310 g/mol. The van der Waals surface area contributed by atoms with Gasteiger partial charge in [0, 0.05) is 460 Å². The van der Waals surface area contributed by atoms with Gasteiger partial charge in [-0.15, -0.1) is 0 Å². The van der Waals surface area contributed by atoms with Gasteiger partial charge in [-0.25, -0.2) is 5.90 Å². The van der Waals surface area contributed by atoms with Crippen molar-refractivity contribution in [3.8, 4) is 0 Å². The average Bonchev–Trinajstić information content (AvgIpc) is 2.01. The Morgan fingerprint density at radius 3 is 0.364 bits per heavy atom. The molecule has 179 valence electrons. The second-order valence-corrected chi connectivity index (χ2v) is 1.11. The van der Waals surface area contributed by atoms with Crippen LogP contribution in [-0.2, 0) is 510 Å². The van der Waals surface area contributed by atoms with Crippen LogP contribution in [-0.4, -0.2) is 10.1 Å². The molecule has 0 heterocycles. The van der Waals surface area contributed by atoms with Crippen LogP contribution in [0.4, 0.5) is 0 Å². The monoisotopic (exact) mass is 2320 g/mol. The van der Waals surface area contributed by atoms with Gasteiger partial charge in [0.05, 0.1) is 0 Å². The quantitative estimate of drug-likeness (QED) is 0.249. The van der Waals surface area contributed by atoms with Crippen molar-refractivity contribution < 1.29 is 520 Å². The van der Waals surface area contributed by atoms with Crippen LogP contribution in [0.15, 0.2) is 0 Å². The van der Waals surface area contributed by atoms with Gasteiger partial charge in [0.25, 0.3) is 0 Å². The summed E-state index contributed by atoms with van der Waals surface area (Å²) >= 11 is 6.23. The Balaban J connectivity index is -0.000000000314. The first-order valence-electron chi connectivity index (χ1n) is 1.11. The van der Waals surface area contributed by atoms with Crippen molar-refractivity contribution in [3.63, 3.8) is 0 Å². The standard InChI is InChI=1S/H3NO.HOP.2HP.21V.6W/c2*1-2;;;;;;;;;;;;;;;;;;;;;;;;;;;;;/h2H,1H2;1H;2*1H;;;;;;;;;;;;;;;;;;;;;;;;;;;. The maximum Gasteiger partial charge on any atom is 0 e. The summed E-state index contributed by atoms with van der Waals surface area (Å²) in [5.41, 5.74) is 0. The molecule has 0 rings (SSSR count). The Labute approximate surface area is 533 Å². The molecule has 0 amide bonds. The van der Waals surface area contributed by atoms with E-state index in [1.165, 1.54) is 0 Å². The third-order valence-electron chi connectivity index (χ3n) is 0. The number of rotatable bonds is 0. The smallest absolute Gasteiger partial charge is 0 e. The van der Waals surface area contributed by atoms with E-state index < -0.39 is 0 Å². The Morgan fingerprint density at radius 2 is 0.364 bits per heavy atom. The van der Waals surface area contributed by atoms with Crippen LogP contribution in [0.2, 0.25) is 0 Å². The SMILES string of the molecule is NO.O[P]=[V].[PH]=[V].[PH]=[V].[V].[V].[V].[V].[V].[V].[V].[V].[V].[V].[V].[V].[V].[V].[V].[V].[V].[V].[W].[W].[W].[W].[W].[W]. The van der Waals surface area contributed by atoms with E-state index in [9.17, 15) is 0 Å². The molecule has 33 heavy (non-hydrogen) atoms. The molecule has 0 aliphatic heterocycles. The van der Waals surface area contributed by atoms with Crippen LogP contribution in [0, 0.1) is 0 Å². The zero-order chi connectivity index (χ0) is 8.71. The first-order valence-corrected chi connectivity index (χ1v) is 8.86. The van der Waals surface area contributed by atoms with Gasteiger partial charge < -0.3 is 5.21 Å². The van der Waals surface area contributed by atoms with Gasteiger partial charge in [-0.2, -0.15) is 0 Å². The van der Waals surface area contributed by atoms with Gasteiger partial charge in [-0.3, -0.25) is 0 Å². The molecule has 0 aromatic rings. The largest absolute Gasteiger partial charge is 0 e. The topological polar surface area (TPSA) is 66.5 Å². The van der Waals surface area contributed by atoms with Gasteiger partial charge in [-0.1, -0.05) is 0 Å². The molecule has 0 bridgehead atoms. The first-order chi connectivity index (χ1) is 4.41. The molecule has 0 spiro atoms. The molecule has 0 fully saturated rings.